The molecule has 0 bridgehead atoms. The number of benzene rings is 2. The molecule has 2 aromatic carbocycles. The first-order chi connectivity index (χ1) is 16.8. The first-order valence-corrected chi connectivity index (χ1v) is 13.4. The van der Waals surface area contributed by atoms with Crippen LogP contribution in [0.25, 0.3) is 0 Å². The molecule has 2 unspecified atom stereocenters. The molecule has 1 aromatic heterocycles. The van der Waals surface area contributed by atoms with Crippen molar-refractivity contribution in [1.29, 1.82) is 0 Å². The molecule has 1 saturated heterocycles. The normalized spacial score (nSPS) is 19.0. The van der Waals surface area contributed by atoms with E-state index in [2.05, 4.69) is 14.1 Å². The molecule has 1 fully saturated rings. The summed E-state index contributed by atoms with van der Waals surface area (Å²) in [6.07, 6.45) is 1.87. The molecule has 0 aliphatic carbocycles. The average molecular weight is 547 g/mol. The minimum absolute atomic E-state index is 0.0293. The van der Waals surface area contributed by atoms with E-state index in [4.69, 9.17) is 16.3 Å². The Kier molecular flexibility index (Phi) is 8.15. The van der Waals surface area contributed by atoms with Crippen LogP contribution < -0.4 is 9.46 Å². The SMILES string of the molecule is O=S(=O)(Nc1ncns1)c1cc(F)c(OCC2CN(CCF)CCC2c2ccc(Cl)cc2)cc1F. The minimum Gasteiger partial charge on any atom is -0.490 e. The molecule has 1 N–H and O–H groups in total. The Morgan fingerprint density at radius 3 is 2.66 bits per heavy atom. The third-order valence-electron chi connectivity index (χ3n) is 5.83. The Balaban J connectivity index is 1.52. The van der Waals surface area contributed by atoms with Gasteiger partial charge >= 0.3 is 0 Å². The highest BCUT2D eigenvalue weighted by molar-refractivity contribution is 7.93. The van der Waals surface area contributed by atoms with Crippen molar-refractivity contribution in [3.63, 3.8) is 0 Å². The quantitative estimate of drug-likeness (QED) is 0.418. The van der Waals surface area contributed by atoms with Crippen molar-refractivity contribution < 1.29 is 26.3 Å². The molecule has 7 nitrogen and oxygen atoms in total. The van der Waals surface area contributed by atoms with Gasteiger partial charge in [0.25, 0.3) is 10.0 Å². The van der Waals surface area contributed by atoms with E-state index in [-0.39, 0.29) is 30.1 Å². The highest BCUT2D eigenvalue weighted by Gasteiger charge is 2.31. The van der Waals surface area contributed by atoms with E-state index in [9.17, 15) is 21.6 Å². The monoisotopic (exact) mass is 546 g/mol. The Morgan fingerprint density at radius 2 is 1.97 bits per heavy atom. The van der Waals surface area contributed by atoms with E-state index < -0.39 is 39.0 Å². The lowest BCUT2D eigenvalue weighted by Gasteiger charge is -2.38. The van der Waals surface area contributed by atoms with Crippen molar-refractivity contribution in [2.75, 3.05) is 37.6 Å². The number of alkyl halides is 1. The number of hydrogen-bond donors (Lipinski definition) is 1. The molecule has 4 rings (SSSR count). The van der Waals surface area contributed by atoms with Crippen molar-refractivity contribution in [1.82, 2.24) is 14.3 Å². The zero-order chi connectivity index (χ0) is 25.0. The van der Waals surface area contributed by atoms with Crippen LogP contribution in [-0.4, -0.2) is 55.6 Å². The molecular weight excluding hydrogens is 525 g/mol. The van der Waals surface area contributed by atoms with E-state index in [0.717, 1.165) is 29.8 Å². The van der Waals surface area contributed by atoms with Crippen LogP contribution in [0.1, 0.15) is 17.9 Å². The fraction of sp³-hybridized carbons (Fsp3) is 0.364. The van der Waals surface area contributed by atoms with Crippen molar-refractivity contribution >= 4 is 38.3 Å². The lowest BCUT2D eigenvalue weighted by Crippen LogP contribution is -2.42. The van der Waals surface area contributed by atoms with E-state index >= 15 is 0 Å². The first-order valence-electron chi connectivity index (χ1n) is 10.7. The van der Waals surface area contributed by atoms with Gasteiger partial charge in [-0.05, 0) is 36.6 Å². The van der Waals surface area contributed by atoms with E-state index in [1.54, 1.807) is 12.1 Å². The highest BCUT2D eigenvalue weighted by Crippen LogP contribution is 2.35. The van der Waals surface area contributed by atoms with Gasteiger partial charge in [0.15, 0.2) is 11.6 Å². The average Bonchev–Trinajstić information content (AvgIpc) is 3.32. The number of hydrogen-bond acceptors (Lipinski definition) is 7. The van der Waals surface area contributed by atoms with Gasteiger partial charge in [0.2, 0.25) is 5.13 Å². The van der Waals surface area contributed by atoms with Crippen LogP contribution in [0.15, 0.2) is 47.6 Å². The number of nitrogens with zero attached hydrogens (tertiary/aromatic N) is 3. The Labute approximate surface area is 210 Å². The van der Waals surface area contributed by atoms with Crippen molar-refractivity contribution in [2.45, 2.75) is 17.2 Å². The molecule has 1 aliphatic rings. The smallest absolute Gasteiger partial charge is 0.266 e. The number of nitrogens with one attached hydrogen (secondary N) is 1. The summed E-state index contributed by atoms with van der Waals surface area (Å²) in [5.41, 5.74) is 1.03. The summed E-state index contributed by atoms with van der Waals surface area (Å²) in [5, 5.41) is 0.526. The largest absolute Gasteiger partial charge is 0.490 e. The summed E-state index contributed by atoms with van der Waals surface area (Å²) in [6.45, 7) is 1.03. The van der Waals surface area contributed by atoms with Crippen LogP contribution in [0.3, 0.4) is 0 Å². The fourth-order valence-corrected chi connectivity index (χ4v) is 6.02. The van der Waals surface area contributed by atoms with Crippen LogP contribution in [0, 0.1) is 17.6 Å². The number of anilines is 1. The number of rotatable bonds is 9. The summed E-state index contributed by atoms with van der Waals surface area (Å²) in [6, 6.07) is 8.68. The number of piperidine rings is 1. The number of aromatic nitrogens is 2. The van der Waals surface area contributed by atoms with Crippen molar-refractivity contribution in [2.24, 2.45) is 5.92 Å². The van der Waals surface area contributed by atoms with E-state index in [1.807, 2.05) is 17.0 Å². The van der Waals surface area contributed by atoms with Gasteiger partial charge in [-0.3, -0.25) is 4.72 Å². The molecule has 2 atom stereocenters. The Hall–Kier alpha value is -2.41. The van der Waals surface area contributed by atoms with Crippen LogP contribution in [-0.2, 0) is 10.0 Å². The molecule has 2 heterocycles. The second-order valence-corrected chi connectivity index (χ2v) is 10.9. The number of halogens is 4. The summed E-state index contributed by atoms with van der Waals surface area (Å²) in [7, 11) is -4.42. The number of ether oxygens (including phenoxy) is 1. The van der Waals surface area contributed by atoms with Crippen LogP contribution in [0.5, 0.6) is 5.75 Å². The second kappa shape index (κ2) is 11.1. The predicted molar refractivity (Wildman–Crippen MR) is 127 cm³/mol. The fourth-order valence-electron chi connectivity index (χ4n) is 4.16. The molecule has 0 amide bonds. The molecule has 0 saturated carbocycles. The van der Waals surface area contributed by atoms with E-state index in [1.165, 1.54) is 0 Å². The van der Waals surface area contributed by atoms with Crippen LogP contribution in [0.4, 0.5) is 18.3 Å². The molecule has 0 radical (unpaired) electrons. The van der Waals surface area contributed by atoms with Crippen molar-refractivity contribution in [3.8, 4) is 5.75 Å². The molecule has 188 valence electrons. The van der Waals surface area contributed by atoms with Gasteiger partial charge in [-0.25, -0.2) is 26.6 Å². The lowest BCUT2D eigenvalue weighted by atomic mass is 9.81. The zero-order valence-corrected chi connectivity index (χ0v) is 20.7. The summed E-state index contributed by atoms with van der Waals surface area (Å²) >= 11 is 6.76. The standard InChI is InChI=1S/C22H22ClF3N4O3S2/c23-16-3-1-14(2-4-16)17-5-7-30(8-6-24)11-15(17)12-33-20-9-19(26)21(10-18(20)25)35(31,32)29-22-27-13-28-34-22/h1-4,9-10,13,15,17H,5-8,11-12H2,(H,27,28,29). The predicted octanol–water partition coefficient (Wildman–Crippen LogP) is 4.72. The van der Waals surface area contributed by atoms with Gasteiger partial charge in [-0.15, -0.1) is 0 Å². The third-order valence-corrected chi connectivity index (χ3v) is 8.14. The van der Waals surface area contributed by atoms with Gasteiger partial charge in [0, 0.05) is 47.7 Å². The zero-order valence-electron chi connectivity index (χ0n) is 18.3. The van der Waals surface area contributed by atoms with Gasteiger partial charge in [0.05, 0.1) is 6.61 Å². The molecule has 3 aromatic rings. The number of sulfonamides is 1. The van der Waals surface area contributed by atoms with Crippen LogP contribution >= 0.6 is 23.1 Å². The van der Waals surface area contributed by atoms with Gasteiger partial charge < -0.3 is 9.64 Å². The third kappa shape index (κ3) is 6.24. The maximum absolute atomic E-state index is 14.8. The maximum Gasteiger partial charge on any atom is 0.266 e. The van der Waals surface area contributed by atoms with Gasteiger partial charge in [-0.2, -0.15) is 4.37 Å². The second-order valence-electron chi connectivity index (χ2n) is 8.07. The van der Waals surface area contributed by atoms with E-state index in [0.29, 0.717) is 30.2 Å². The topological polar surface area (TPSA) is 84.4 Å². The Bertz CT molecular complexity index is 1250. The molecular formula is C22H22ClF3N4O3S2. The molecule has 0 spiro atoms. The Morgan fingerprint density at radius 1 is 1.20 bits per heavy atom. The summed E-state index contributed by atoms with van der Waals surface area (Å²) in [4.78, 5) is 4.77. The maximum atomic E-state index is 14.8. The summed E-state index contributed by atoms with van der Waals surface area (Å²) < 4.78 is 78.6. The van der Waals surface area contributed by atoms with Crippen LogP contribution in [0.2, 0.25) is 5.02 Å². The summed E-state index contributed by atoms with van der Waals surface area (Å²) in [5.74, 6) is -2.69. The first kappa shape index (κ1) is 25.7. The molecule has 1 aliphatic heterocycles. The number of likely N-dealkylation sites (tertiary alicyclic amines) is 1. The molecule has 35 heavy (non-hydrogen) atoms. The van der Waals surface area contributed by atoms with Crippen molar-refractivity contribution in [3.05, 3.63) is 64.9 Å². The lowest BCUT2D eigenvalue weighted by molar-refractivity contribution is 0.104. The minimum atomic E-state index is -4.42. The highest BCUT2D eigenvalue weighted by atomic mass is 35.5. The van der Waals surface area contributed by atoms with Gasteiger partial charge in [0.1, 0.15) is 23.7 Å². The van der Waals surface area contributed by atoms with Gasteiger partial charge in [-0.1, -0.05) is 23.7 Å². The molecule has 13 heteroatoms.